The van der Waals surface area contributed by atoms with Crippen LogP contribution in [0.1, 0.15) is 29.5 Å². The summed E-state index contributed by atoms with van der Waals surface area (Å²) in [6.07, 6.45) is 8.59. The van der Waals surface area contributed by atoms with Crippen molar-refractivity contribution in [3.05, 3.63) is 63.4 Å². The fourth-order valence-corrected chi connectivity index (χ4v) is 4.63. The minimum Gasteiger partial charge on any atom is -0.345 e. The van der Waals surface area contributed by atoms with Gasteiger partial charge < -0.3 is 9.88 Å². The van der Waals surface area contributed by atoms with Crippen molar-refractivity contribution in [2.45, 2.75) is 18.8 Å². The van der Waals surface area contributed by atoms with Crippen LogP contribution in [0, 0.1) is 0 Å². The molecule has 1 aliphatic rings. The molecular weight excluding hydrogens is 424 g/mol. The molecule has 138 valence electrons. The van der Waals surface area contributed by atoms with Crippen molar-refractivity contribution in [3.63, 3.8) is 0 Å². The molecule has 27 heavy (non-hydrogen) atoms. The molecule has 0 atom stereocenters. The van der Waals surface area contributed by atoms with Crippen molar-refractivity contribution in [1.82, 2.24) is 19.9 Å². The number of aromatic amines is 1. The second-order valence-corrected chi connectivity index (χ2v) is 8.33. The maximum absolute atomic E-state index is 12.3. The average molecular weight is 443 g/mol. The molecular formula is C20H19BrN4OS. The van der Waals surface area contributed by atoms with Gasteiger partial charge in [0, 0.05) is 40.5 Å². The Labute approximate surface area is 170 Å². The van der Waals surface area contributed by atoms with Gasteiger partial charge >= 0.3 is 0 Å². The molecule has 5 nitrogen and oxygen atoms in total. The lowest BCUT2D eigenvalue weighted by molar-refractivity contribution is -0.126. The molecule has 1 saturated heterocycles. The Morgan fingerprint density at radius 1 is 1.33 bits per heavy atom. The highest BCUT2D eigenvalue weighted by molar-refractivity contribution is 9.10. The Bertz CT molecular complexity index is 943. The Hall–Kier alpha value is -2.25. The number of halogens is 1. The fraction of sp³-hybridized carbons (Fsp3) is 0.250. The number of carbonyl (C=O) groups is 1. The number of hydrogen-bond donors (Lipinski definition) is 1. The van der Waals surface area contributed by atoms with E-state index in [9.17, 15) is 4.79 Å². The van der Waals surface area contributed by atoms with Crippen LogP contribution in [0.2, 0.25) is 0 Å². The second-order valence-electron chi connectivity index (χ2n) is 6.52. The Balaban J connectivity index is 1.36. The van der Waals surface area contributed by atoms with E-state index in [0.29, 0.717) is 5.92 Å². The first-order valence-corrected chi connectivity index (χ1v) is 10.5. The van der Waals surface area contributed by atoms with Gasteiger partial charge in [-0.15, -0.1) is 11.3 Å². The quantitative estimate of drug-likeness (QED) is 0.594. The number of imidazole rings is 1. The van der Waals surface area contributed by atoms with Crippen LogP contribution in [-0.2, 0) is 4.79 Å². The number of carbonyl (C=O) groups excluding carboxylic acids is 1. The first-order valence-electron chi connectivity index (χ1n) is 8.86. The molecule has 4 rings (SSSR count). The SMILES string of the molecule is O=C(/C=C/c1cnc[nH]1)N1CCC(c2nc(-c3cccc(Br)c3)cs2)CC1. The third kappa shape index (κ3) is 4.36. The van der Waals surface area contributed by atoms with E-state index in [1.807, 2.05) is 17.0 Å². The highest BCUT2D eigenvalue weighted by atomic mass is 79.9. The molecule has 0 radical (unpaired) electrons. The maximum Gasteiger partial charge on any atom is 0.246 e. The van der Waals surface area contributed by atoms with Gasteiger partial charge in [0.2, 0.25) is 5.91 Å². The number of benzene rings is 1. The molecule has 1 N–H and O–H groups in total. The van der Waals surface area contributed by atoms with Gasteiger partial charge in [0.15, 0.2) is 0 Å². The van der Waals surface area contributed by atoms with Gasteiger partial charge in [0.05, 0.1) is 28.9 Å². The minimum atomic E-state index is 0.0528. The van der Waals surface area contributed by atoms with Crippen LogP contribution in [0.25, 0.3) is 17.3 Å². The summed E-state index contributed by atoms with van der Waals surface area (Å²) in [6, 6.07) is 8.21. The zero-order valence-corrected chi connectivity index (χ0v) is 17.0. The van der Waals surface area contributed by atoms with Crippen molar-refractivity contribution in [3.8, 4) is 11.3 Å². The Kier molecular flexibility index (Phi) is 5.50. The lowest BCUT2D eigenvalue weighted by Gasteiger charge is -2.30. The second kappa shape index (κ2) is 8.19. The zero-order valence-electron chi connectivity index (χ0n) is 14.6. The smallest absolute Gasteiger partial charge is 0.246 e. The number of rotatable bonds is 4. The molecule has 2 aromatic heterocycles. The van der Waals surface area contributed by atoms with Gasteiger partial charge in [-0.05, 0) is 31.1 Å². The van der Waals surface area contributed by atoms with Crippen LogP contribution in [0.5, 0.6) is 0 Å². The number of hydrogen-bond acceptors (Lipinski definition) is 4. The highest BCUT2D eigenvalue weighted by Crippen LogP contribution is 2.33. The lowest BCUT2D eigenvalue weighted by Crippen LogP contribution is -2.36. The summed E-state index contributed by atoms with van der Waals surface area (Å²) < 4.78 is 1.06. The van der Waals surface area contributed by atoms with E-state index in [1.165, 1.54) is 5.01 Å². The van der Waals surface area contributed by atoms with Crippen LogP contribution in [0.3, 0.4) is 0 Å². The summed E-state index contributed by atoms with van der Waals surface area (Å²) in [5, 5.41) is 3.30. The molecule has 1 aliphatic heterocycles. The van der Waals surface area contributed by atoms with E-state index < -0.39 is 0 Å². The molecule has 0 spiro atoms. The van der Waals surface area contributed by atoms with Gasteiger partial charge in [-0.1, -0.05) is 28.1 Å². The molecule has 0 saturated carbocycles. The van der Waals surface area contributed by atoms with E-state index in [4.69, 9.17) is 4.98 Å². The number of likely N-dealkylation sites (tertiary alicyclic amines) is 1. The molecule has 1 fully saturated rings. The summed E-state index contributed by atoms with van der Waals surface area (Å²) in [5.74, 6) is 0.480. The van der Waals surface area contributed by atoms with Gasteiger partial charge in [-0.3, -0.25) is 4.79 Å². The first-order chi connectivity index (χ1) is 13.2. The predicted molar refractivity (Wildman–Crippen MR) is 111 cm³/mol. The molecule has 3 aromatic rings. The monoisotopic (exact) mass is 442 g/mol. The zero-order chi connectivity index (χ0) is 18.6. The third-order valence-electron chi connectivity index (χ3n) is 4.72. The van der Waals surface area contributed by atoms with Crippen LogP contribution in [0.4, 0.5) is 0 Å². The van der Waals surface area contributed by atoms with Crippen molar-refractivity contribution >= 4 is 39.2 Å². The number of amides is 1. The molecule has 0 aliphatic carbocycles. The van der Waals surface area contributed by atoms with Crippen LogP contribution in [0.15, 0.2) is 52.7 Å². The number of H-pyrrole nitrogens is 1. The number of thiazole rings is 1. The van der Waals surface area contributed by atoms with Crippen molar-refractivity contribution in [2.24, 2.45) is 0 Å². The van der Waals surface area contributed by atoms with E-state index in [2.05, 4.69) is 43.4 Å². The molecule has 1 aromatic carbocycles. The molecule has 0 bridgehead atoms. The first kappa shape index (κ1) is 18.1. The van der Waals surface area contributed by atoms with Crippen LogP contribution < -0.4 is 0 Å². The minimum absolute atomic E-state index is 0.0528. The Morgan fingerprint density at radius 2 is 2.19 bits per heavy atom. The van der Waals surface area contributed by atoms with Crippen LogP contribution in [-0.4, -0.2) is 38.8 Å². The van der Waals surface area contributed by atoms with Gasteiger partial charge in [0.25, 0.3) is 0 Å². The summed E-state index contributed by atoms with van der Waals surface area (Å²) in [6.45, 7) is 1.53. The number of nitrogens with zero attached hydrogens (tertiary/aromatic N) is 3. The van der Waals surface area contributed by atoms with Crippen molar-refractivity contribution in [2.75, 3.05) is 13.1 Å². The number of aromatic nitrogens is 3. The summed E-state index contributed by atoms with van der Waals surface area (Å²) in [7, 11) is 0. The standard InChI is InChI=1S/C20H19BrN4OS/c21-16-3-1-2-15(10-16)18-12-27-20(24-18)14-6-8-25(9-7-14)19(26)5-4-17-11-22-13-23-17/h1-5,10-14H,6-9H2,(H,22,23)/b5-4+. The average Bonchev–Trinajstić information content (AvgIpc) is 3.38. The summed E-state index contributed by atoms with van der Waals surface area (Å²) in [5.41, 5.74) is 2.99. The highest BCUT2D eigenvalue weighted by Gasteiger charge is 2.25. The normalized spacial score (nSPS) is 15.5. The summed E-state index contributed by atoms with van der Waals surface area (Å²) >= 11 is 5.24. The largest absolute Gasteiger partial charge is 0.345 e. The maximum atomic E-state index is 12.3. The van der Waals surface area contributed by atoms with Gasteiger partial charge in [0.1, 0.15) is 0 Å². The van der Waals surface area contributed by atoms with E-state index in [1.54, 1.807) is 36.0 Å². The van der Waals surface area contributed by atoms with Gasteiger partial charge in [-0.25, -0.2) is 9.97 Å². The molecule has 7 heteroatoms. The topological polar surface area (TPSA) is 61.9 Å². The van der Waals surface area contributed by atoms with E-state index in [-0.39, 0.29) is 5.91 Å². The summed E-state index contributed by atoms with van der Waals surface area (Å²) in [4.78, 5) is 26.0. The lowest BCUT2D eigenvalue weighted by atomic mass is 9.97. The van der Waals surface area contributed by atoms with Crippen molar-refractivity contribution in [1.29, 1.82) is 0 Å². The Morgan fingerprint density at radius 3 is 2.93 bits per heavy atom. The molecule has 0 unspecified atom stereocenters. The third-order valence-corrected chi connectivity index (χ3v) is 6.22. The van der Waals surface area contributed by atoms with E-state index in [0.717, 1.165) is 47.4 Å². The molecule has 1 amide bonds. The molecule has 3 heterocycles. The van der Waals surface area contributed by atoms with Gasteiger partial charge in [-0.2, -0.15) is 0 Å². The van der Waals surface area contributed by atoms with E-state index >= 15 is 0 Å². The number of piperidine rings is 1. The predicted octanol–water partition coefficient (Wildman–Crippen LogP) is 4.72. The van der Waals surface area contributed by atoms with Crippen LogP contribution >= 0.6 is 27.3 Å². The van der Waals surface area contributed by atoms with Crippen molar-refractivity contribution < 1.29 is 4.79 Å². The number of nitrogens with one attached hydrogen (secondary N) is 1. The fourth-order valence-electron chi connectivity index (χ4n) is 3.23.